The molecule has 0 fully saturated rings. The predicted octanol–water partition coefficient (Wildman–Crippen LogP) is 3.98. The lowest BCUT2D eigenvalue weighted by Gasteiger charge is -2.10. The highest BCUT2D eigenvalue weighted by molar-refractivity contribution is 6.03. The SMILES string of the molecule is Cc1ccc(OCC(F)(F)F)cc1C(=O)N=C(N)N.Cc1ccc(OCC(F)(F)F)cc1C(=O)O. The third kappa shape index (κ3) is 11.1. The van der Waals surface area contributed by atoms with E-state index in [0.717, 1.165) is 12.1 Å². The molecule has 2 aromatic carbocycles. The second kappa shape index (κ2) is 11.9. The molecule has 35 heavy (non-hydrogen) atoms. The lowest BCUT2D eigenvalue weighted by atomic mass is 10.1. The van der Waals surface area contributed by atoms with Crippen molar-refractivity contribution < 1.29 is 50.5 Å². The molecular formula is C21H21F6N3O5. The molecule has 0 unspecified atom stereocenters. The van der Waals surface area contributed by atoms with Crippen LogP contribution in [0, 0.1) is 13.8 Å². The van der Waals surface area contributed by atoms with Crippen molar-refractivity contribution in [1.29, 1.82) is 0 Å². The fourth-order valence-electron chi connectivity index (χ4n) is 2.35. The molecular weight excluding hydrogens is 488 g/mol. The van der Waals surface area contributed by atoms with Crippen LogP contribution in [0.3, 0.4) is 0 Å². The molecule has 0 aliphatic rings. The highest BCUT2D eigenvalue weighted by atomic mass is 19.4. The molecule has 0 bridgehead atoms. The number of nitrogens with zero attached hydrogens (tertiary/aromatic N) is 1. The molecule has 0 atom stereocenters. The monoisotopic (exact) mass is 509 g/mol. The highest BCUT2D eigenvalue weighted by Crippen LogP contribution is 2.22. The number of hydrogen-bond acceptors (Lipinski definition) is 4. The molecule has 0 saturated carbocycles. The lowest BCUT2D eigenvalue weighted by molar-refractivity contribution is -0.154. The summed E-state index contributed by atoms with van der Waals surface area (Å²) in [6.07, 6.45) is -8.89. The number of carbonyl (C=O) groups is 2. The quantitative estimate of drug-likeness (QED) is 0.304. The average molecular weight is 509 g/mol. The Morgan fingerprint density at radius 1 is 0.829 bits per heavy atom. The molecule has 0 radical (unpaired) electrons. The topological polar surface area (TPSA) is 137 Å². The number of carbonyl (C=O) groups excluding carboxylic acids is 1. The number of halogens is 6. The zero-order valence-electron chi connectivity index (χ0n) is 18.3. The lowest BCUT2D eigenvalue weighted by Crippen LogP contribution is -2.24. The average Bonchev–Trinajstić information content (AvgIpc) is 2.71. The van der Waals surface area contributed by atoms with E-state index in [4.69, 9.17) is 16.6 Å². The summed E-state index contributed by atoms with van der Waals surface area (Å²) in [5.41, 5.74) is 11.1. The maximum Gasteiger partial charge on any atom is 0.422 e. The van der Waals surface area contributed by atoms with Crippen LogP contribution >= 0.6 is 0 Å². The fraction of sp³-hybridized carbons (Fsp3) is 0.286. The van der Waals surface area contributed by atoms with Crippen LogP contribution in [-0.4, -0.2) is 48.5 Å². The van der Waals surface area contributed by atoms with Crippen molar-refractivity contribution in [3.8, 4) is 11.5 Å². The molecule has 1 amide bonds. The van der Waals surface area contributed by atoms with E-state index < -0.39 is 43.4 Å². The Labute approximate surface area is 195 Å². The van der Waals surface area contributed by atoms with Crippen LogP contribution in [0.2, 0.25) is 0 Å². The Bertz CT molecular complexity index is 1080. The van der Waals surface area contributed by atoms with Gasteiger partial charge in [0.05, 0.1) is 5.56 Å². The number of aromatic carboxylic acids is 1. The van der Waals surface area contributed by atoms with Gasteiger partial charge in [0.25, 0.3) is 5.91 Å². The molecule has 0 heterocycles. The van der Waals surface area contributed by atoms with E-state index in [1.54, 1.807) is 13.8 Å². The summed E-state index contributed by atoms with van der Waals surface area (Å²) in [5.74, 6) is -2.56. The first-order valence-electron chi connectivity index (χ1n) is 9.46. The molecule has 2 rings (SSSR count). The summed E-state index contributed by atoms with van der Waals surface area (Å²) in [7, 11) is 0. The summed E-state index contributed by atoms with van der Waals surface area (Å²) >= 11 is 0. The van der Waals surface area contributed by atoms with Gasteiger partial charge in [-0.1, -0.05) is 12.1 Å². The van der Waals surface area contributed by atoms with E-state index in [2.05, 4.69) is 14.5 Å². The normalized spacial score (nSPS) is 11.1. The second-order valence-electron chi connectivity index (χ2n) is 6.91. The van der Waals surface area contributed by atoms with Gasteiger partial charge in [-0.3, -0.25) is 4.79 Å². The Morgan fingerprint density at radius 2 is 1.23 bits per heavy atom. The van der Waals surface area contributed by atoms with Crippen molar-refractivity contribution in [2.24, 2.45) is 16.5 Å². The van der Waals surface area contributed by atoms with Gasteiger partial charge in [0.1, 0.15) is 11.5 Å². The van der Waals surface area contributed by atoms with Gasteiger partial charge in [0.2, 0.25) is 0 Å². The van der Waals surface area contributed by atoms with Crippen molar-refractivity contribution in [3.05, 3.63) is 58.7 Å². The van der Waals surface area contributed by atoms with Crippen molar-refractivity contribution in [2.75, 3.05) is 13.2 Å². The van der Waals surface area contributed by atoms with E-state index in [-0.39, 0.29) is 22.6 Å². The van der Waals surface area contributed by atoms with Crippen LogP contribution in [-0.2, 0) is 0 Å². The van der Waals surface area contributed by atoms with Crippen LogP contribution in [0.4, 0.5) is 26.3 Å². The smallest absolute Gasteiger partial charge is 0.422 e. The Morgan fingerprint density at radius 3 is 1.60 bits per heavy atom. The number of carboxylic acid groups (broad SMARTS) is 1. The second-order valence-corrected chi connectivity index (χ2v) is 6.91. The molecule has 0 aliphatic heterocycles. The Kier molecular flexibility index (Phi) is 9.92. The maximum atomic E-state index is 12.0. The molecule has 0 saturated heterocycles. The minimum atomic E-state index is -4.45. The molecule has 0 spiro atoms. The summed E-state index contributed by atoms with van der Waals surface area (Å²) in [4.78, 5) is 25.6. The number of amides is 1. The van der Waals surface area contributed by atoms with Crippen molar-refractivity contribution >= 4 is 17.8 Å². The predicted molar refractivity (Wildman–Crippen MR) is 113 cm³/mol. The van der Waals surface area contributed by atoms with Gasteiger partial charge in [0, 0.05) is 5.56 Å². The van der Waals surface area contributed by atoms with Gasteiger partial charge in [-0.15, -0.1) is 0 Å². The number of nitrogens with two attached hydrogens (primary N) is 2. The first-order chi connectivity index (χ1) is 16.0. The van der Waals surface area contributed by atoms with Gasteiger partial charge in [0.15, 0.2) is 19.2 Å². The van der Waals surface area contributed by atoms with Crippen LogP contribution < -0.4 is 20.9 Å². The van der Waals surface area contributed by atoms with Gasteiger partial charge in [-0.2, -0.15) is 31.3 Å². The van der Waals surface area contributed by atoms with E-state index in [1.807, 2.05) is 0 Å². The largest absolute Gasteiger partial charge is 0.484 e. The molecule has 5 N–H and O–H groups in total. The van der Waals surface area contributed by atoms with Gasteiger partial charge in [-0.25, -0.2) is 4.79 Å². The Hall–Kier alpha value is -3.97. The maximum absolute atomic E-state index is 12.0. The number of guanidine groups is 1. The molecule has 8 nitrogen and oxygen atoms in total. The first-order valence-corrected chi connectivity index (χ1v) is 9.46. The number of ether oxygens (including phenoxy) is 2. The van der Waals surface area contributed by atoms with Crippen molar-refractivity contribution in [2.45, 2.75) is 26.2 Å². The summed E-state index contributed by atoms with van der Waals surface area (Å²) in [6.45, 7) is 0.279. The van der Waals surface area contributed by atoms with E-state index >= 15 is 0 Å². The minimum absolute atomic E-state index is 0.0697. The third-order valence-corrected chi connectivity index (χ3v) is 3.91. The zero-order chi connectivity index (χ0) is 27.0. The van der Waals surface area contributed by atoms with E-state index in [9.17, 15) is 35.9 Å². The fourth-order valence-corrected chi connectivity index (χ4v) is 2.35. The van der Waals surface area contributed by atoms with Gasteiger partial charge in [-0.05, 0) is 49.2 Å². The first kappa shape index (κ1) is 29.1. The van der Waals surface area contributed by atoms with Crippen molar-refractivity contribution in [1.82, 2.24) is 0 Å². The molecule has 14 heteroatoms. The third-order valence-electron chi connectivity index (χ3n) is 3.91. The number of benzene rings is 2. The van der Waals surface area contributed by atoms with Crippen LogP contribution in [0.15, 0.2) is 41.4 Å². The number of rotatable bonds is 6. The number of aliphatic imine (C=N–C) groups is 1. The number of alkyl halides is 6. The van der Waals surface area contributed by atoms with E-state index in [0.29, 0.717) is 11.1 Å². The molecule has 192 valence electrons. The number of hydrogen-bond donors (Lipinski definition) is 3. The van der Waals surface area contributed by atoms with Crippen LogP contribution in [0.1, 0.15) is 31.8 Å². The number of aryl methyl sites for hydroxylation is 2. The Balaban J connectivity index is 0.000000355. The number of carboxylic acids is 1. The van der Waals surface area contributed by atoms with Crippen molar-refractivity contribution in [3.63, 3.8) is 0 Å². The summed E-state index contributed by atoms with van der Waals surface area (Å²) < 4.78 is 80.5. The van der Waals surface area contributed by atoms with Crippen LogP contribution in [0.5, 0.6) is 11.5 Å². The minimum Gasteiger partial charge on any atom is -0.484 e. The van der Waals surface area contributed by atoms with Gasteiger partial charge < -0.3 is 26.0 Å². The molecule has 0 aromatic heterocycles. The van der Waals surface area contributed by atoms with Crippen LogP contribution in [0.25, 0.3) is 0 Å². The molecule has 2 aromatic rings. The highest BCUT2D eigenvalue weighted by Gasteiger charge is 2.29. The summed E-state index contributed by atoms with van der Waals surface area (Å²) in [5, 5.41) is 8.74. The standard InChI is InChI=1S/C11H12F3N3O2.C10H9F3O3/c1-6-2-3-7(19-5-11(12,13)14)4-8(6)9(18)17-10(15)16;1-6-2-3-7(4-8(6)9(14)15)16-5-10(11,12)13/h2-4H,5H2,1H3,(H4,15,16,17,18);2-4H,5H2,1H3,(H,14,15). The zero-order valence-corrected chi connectivity index (χ0v) is 18.3. The molecule has 0 aliphatic carbocycles. The summed E-state index contributed by atoms with van der Waals surface area (Å²) in [6, 6.07) is 7.70. The van der Waals surface area contributed by atoms with Gasteiger partial charge >= 0.3 is 18.3 Å². The van der Waals surface area contributed by atoms with E-state index in [1.165, 1.54) is 24.3 Å².